The average Bonchev–Trinajstić information content (AvgIpc) is 3.06. The molecule has 122 valence electrons. The number of rotatable bonds is 4. The zero-order chi connectivity index (χ0) is 16.4. The molecule has 6 nitrogen and oxygen atoms in total. The molecule has 0 bridgehead atoms. The summed E-state index contributed by atoms with van der Waals surface area (Å²) in [6.45, 7) is 1.80. The van der Waals surface area contributed by atoms with Gasteiger partial charge in [-0.05, 0) is 42.3 Å². The van der Waals surface area contributed by atoms with Crippen molar-refractivity contribution in [1.29, 1.82) is 0 Å². The molecule has 0 aliphatic carbocycles. The van der Waals surface area contributed by atoms with Gasteiger partial charge in [-0.2, -0.15) is 5.10 Å². The van der Waals surface area contributed by atoms with Crippen molar-refractivity contribution >= 4 is 5.82 Å². The van der Waals surface area contributed by atoms with E-state index < -0.39 is 0 Å². The van der Waals surface area contributed by atoms with Crippen LogP contribution in [-0.4, -0.2) is 33.1 Å². The second kappa shape index (κ2) is 6.41. The third-order valence-electron chi connectivity index (χ3n) is 4.45. The molecule has 1 unspecified atom stereocenters. The Bertz CT molecular complexity index is 824. The van der Waals surface area contributed by atoms with Gasteiger partial charge in [0.15, 0.2) is 0 Å². The van der Waals surface area contributed by atoms with Crippen molar-refractivity contribution in [2.75, 3.05) is 18.4 Å². The number of hydrogen-bond donors (Lipinski definition) is 2. The maximum Gasteiger partial charge on any atom is 0.148 e. The summed E-state index contributed by atoms with van der Waals surface area (Å²) in [5, 5.41) is 19.7. The quantitative estimate of drug-likeness (QED) is 0.771. The monoisotopic (exact) mass is 320 g/mol. The molecule has 1 aliphatic rings. The van der Waals surface area contributed by atoms with Crippen LogP contribution in [0.3, 0.4) is 0 Å². The lowest BCUT2D eigenvalue weighted by molar-refractivity contribution is 0.523. The summed E-state index contributed by atoms with van der Waals surface area (Å²) < 4.78 is 1.79. The van der Waals surface area contributed by atoms with Gasteiger partial charge in [0.25, 0.3) is 0 Å². The zero-order valence-corrected chi connectivity index (χ0v) is 13.6. The molecule has 1 aliphatic heterocycles. The molecule has 4 rings (SSSR count). The highest BCUT2D eigenvalue weighted by molar-refractivity contribution is 5.54. The molecule has 2 aromatic heterocycles. The number of aryl methyl sites for hydroxylation is 1. The first kappa shape index (κ1) is 14.8. The minimum atomic E-state index is 0.300. The summed E-state index contributed by atoms with van der Waals surface area (Å²) in [6.07, 6.45) is 2.85. The normalized spacial score (nSPS) is 16.6. The molecule has 0 amide bonds. The minimum absolute atomic E-state index is 0.300. The van der Waals surface area contributed by atoms with Gasteiger partial charge in [0, 0.05) is 25.8 Å². The Hall–Kier alpha value is -2.73. The number of nitrogens with zero attached hydrogens (tertiary/aromatic N) is 4. The Morgan fingerprint density at radius 2 is 2.08 bits per heavy atom. The van der Waals surface area contributed by atoms with Crippen molar-refractivity contribution in [3.05, 3.63) is 59.8 Å². The van der Waals surface area contributed by atoms with Crippen LogP contribution in [-0.2, 0) is 13.5 Å². The lowest BCUT2D eigenvalue weighted by Gasteiger charge is -2.27. The summed E-state index contributed by atoms with van der Waals surface area (Å²) in [5.41, 5.74) is 4.58. The van der Waals surface area contributed by atoms with Crippen LogP contribution in [0.4, 0.5) is 5.82 Å². The van der Waals surface area contributed by atoms with Gasteiger partial charge in [-0.3, -0.25) is 4.68 Å². The van der Waals surface area contributed by atoms with Crippen molar-refractivity contribution < 1.29 is 0 Å². The van der Waals surface area contributed by atoms with Crippen LogP contribution >= 0.6 is 0 Å². The van der Waals surface area contributed by atoms with E-state index in [0.717, 1.165) is 36.7 Å². The number of hydrogen-bond acceptors (Lipinski definition) is 5. The molecule has 0 fully saturated rings. The minimum Gasteiger partial charge on any atom is -0.367 e. The maximum absolute atomic E-state index is 4.30. The van der Waals surface area contributed by atoms with Crippen molar-refractivity contribution in [2.24, 2.45) is 7.05 Å². The Labute approximate surface area is 140 Å². The van der Waals surface area contributed by atoms with Gasteiger partial charge in [0.05, 0.1) is 5.69 Å². The van der Waals surface area contributed by atoms with E-state index in [0.29, 0.717) is 6.04 Å². The van der Waals surface area contributed by atoms with E-state index in [1.807, 2.05) is 25.2 Å². The first-order valence-corrected chi connectivity index (χ1v) is 8.18. The van der Waals surface area contributed by atoms with Crippen molar-refractivity contribution in [3.8, 4) is 11.4 Å². The van der Waals surface area contributed by atoms with Crippen molar-refractivity contribution in [1.82, 2.24) is 25.3 Å². The van der Waals surface area contributed by atoms with Gasteiger partial charge < -0.3 is 10.6 Å². The molecule has 1 aromatic carbocycles. The van der Waals surface area contributed by atoms with E-state index in [-0.39, 0.29) is 0 Å². The largest absolute Gasteiger partial charge is 0.367 e. The summed E-state index contributed by atoms with van der Waals surface area (Å²) in [6, 6.07) is 14.8. The topological polar surface area (TPSA) is 67.7 Å². The fourth-order valence-electron chi connectivity index (χ4n) is 3.17. The Morgan fingerprint density at radius 1 is 1.17 bits per heavy atom. The first-order chi connectivity index (χ1) is 11.8. The van der Waals surface area contributed by atoms with E-state index in [1.54, 1.807) is 10.9 Å². The molecular weight excluding hydrogens is 300 g/mol. The van der Waals surface area contributed by atoms with Crippen LogP contribution in [0.2, 0.25) is 0 Å². The third kappa shape index (κ3) is 2.88. The van der Waals surface area contributed by atoms with Gasteiger partial charge in [-0.15, -0.1) is 10.2 Å². The number of aromatic nitrogens is 4. The van der Waals surface area contributed by atoms with Crippen LogP contribution in [0.15, 0.2) is 48.7 Å². The number of anilines is 1. The smallest absolute Gasteiger partial charge is 0.148 e. The average molecular weight is 320 g/mol. The van der Waals surface area contributed by atoms with E-state index >= 15 is 0 Å². The van der Waals surface area contributed by atoms with Gasteiger partial charge in [-0.25, -0.2) is 0 Å². The van der Waals surface area contributed by atoms with Gasteiger partial charge in [-0.1, -0.05) is 24.3 Å². The Morgan fingerprint density at radius 3 is 2.88 bits per heavy atom. The van der Waals surface area contributed by atoms with Gasteiger partial charge in [0.2, 0.25) is 0 Å². The standard InChI is InChI=1S/C18H20N6/c1-24-17(9-11-21-24)15-6-7-18(23-22-15)20-12-16-14-5-3-2-4-13(14)8-10-19-16/h2-7,9,11,16,19H,8,10,12H2,1H3,(H,20,23). The predicted molar refractivity (Wildman–Crippen MR) is 93.6 cm³/mol. The molecule has 0 spiro atoms. The molecule has 2 N–H and O–H groups in total. The summed E-state index contributed by atoms with van der Waals surface area (Å²) in [5.74, 6) is 0.783. The van der Waals surface area contributed by atoms with E-state index in [4.69, 9.17) is 0 Å². The molecule has 3 heterocycles. The molecule has 24 heavy (non-hydrogen) atoms. The maximum atomic E-state index is 4.30. The molecule has 0 saturated heterocycles. The van der Waals surface area contributed by atoms with Crippen molar-refractivity contribution in [2.45, 2.75) is 12.5 Å². The second-order valence-corrected chi connectivity index (χ2v) is 5.98. The molecule has 0 saturated carbocycles. The predicted octanol–water partition coefficient (Wildman–Crippen LogP) is 2.18. The number of benzene rings is 1. The molecule has 3 aromatic rings. The SMILES string of the molecule is Cn1nccc1-c1ccc(NCC2NCCc3ccccc32)nn1. The number of nitrogens with one attached hydrogen (secondary N) is 2. The lowest BCUT2D eigenvalue weighted by atomic mass is 9.94. The second-order valence-electron chi connectivity index (χ2n) is 5.98. The molecular formula is C18H20N6. The fourth-order valence-corrected chi connectivity index (χ4v) is 3.17. The summed E-state index contributed by atoms with van der Waals surface area (Å²) in [7, 11) is 1.90. The van der Waals surface area contributed by atoms with E-state index in [2.05, 4.69) is 50.2 Å². The highest BCUT2D eigenvalue weighted by atomic mass is 15.3. The molecule has 6 heteroatoms. The third-order valence-corrected chi connectivity index (χ3v) is 4.45. The number of fused-ring (bicyclic) bond motifs is 1. The molecule has 1 atom stereocenters. The van der Waals surface area contributed by atoms with Crippen LogP contribution in [0.1, 0.15) is 17.2 Å². The Balaban J connectivity index is 1.45. The summed E-state index contributed by atoms with van der Waals surface area (Å²) in [4.78, 5) is 0. The summed E-state index contributed by atoms with van der Waals surface area (Å²) >= 11 is 0. The van der Waals surface area contributed by atoms with Crippen LogP contribution in [0.5, 0.6) is 0 Å². The van der Waals surface area contributed by atoms with Crippen LogP contribution in [0.25, 0.3) is 11.4 Å². The van der Waals surface area contributed by atoms with Crippen molar-refractivity contribution in [3.63, 3.8) is 0 Å². The molecule has 0 radical (unpaired) electrons. The first-order valence-electron chi connectivity index (χ1n) is 8.18. The van der Waals surface area contributed by atoms with E-state index in [1.165, 1.54) is 11.1 Å². The zero-order valence-electron chi connectivity index (χ0n) is 13.6. The van der Waals surface area contributed by atoms with E-state index in [9.17, 15) is 0 Å². The fraction of sp³-hybridized carbons (Fsp3) is 0.278. The Kier molecular flexibility index (Phi) is 3.96. The highest BCUT2D eigenvalue weighted by Crippen LogP contribution is 2.23. The van der Waals surface area contributed by atoms with Crippen LogP contribution in [0, 0.1) is 0 Å². The van der Waals surface area contributed by atoms with Crippen LogP contribution < -0.4 is 10.6 Å². The lowest BCUT2D eigenvalue weighted by Crippen LogP contribution is -2.34. The van der Waals surface area contributed by atoms with Gasteiger partial charge >= 0.3 is 0 Å². The van der Waals surface area contributed by atoms with Gasteiger partial charge in [0.1, 0.15) is 11.5 Å². The highest BCUT2D eigenvalue weighted by Gasteiger charge is 2.18.